The molecular weight excluding hydrogens is 300 g/mol. The number of likely N-dealkylation sites (N-methyl/N-ethyl adjacent to an activating group) is 1. The number of hydrogen-bond donors (Lipinski definition) is 3. The van der Waals surface area contributed by atoms with Crippen molar-refractivity contribution in [3.05, 3.63) is 54.4 Å². The molecule has 0 unspecified atom stereocenters. The van der Waals surface area contributed by atoms with E-state index in [9.17, 15) is 4.79 Å². The molecule has 23 heavy (non-hydrogen) atoms. The first-order chi connectivity index (χ1) is 11.0. The normalized spacial score (nSPS) is 10.5. The topological polar surface area (TPSA) is 93.2 Å². The van der Waals surface area contributed by atoms with Crippen LogP contribution in [0.25, 0.3) is 0 Å². The second kappa shape index (κ2) is 9.11. The van der Waals surface area contributed by atoms with Crippen molar-refractivity contribution in [1.82, 2.24) is 16.3 Å². The Bertz CT molecular complexity index is 613. The van der Waals surface area contributed by atoms with E-state index in [4.69, 9.17) is 14.5 Å². The fourth-order valence-electron chi connectivity index (χ4n) is 1.54. The van der Waals surface area contributed by atoms with Crippen molar-refractivity contribution in [1.29, 1.82) is 0 Å². The molecule has 1 aromatic rings. The SMILES string of the molecule is C=C(NOC)C(=C)NOc1ccccc1C(=NOC)C(=O)NC. The summed E-state index contributed by atoms with van der Waals surface area (Å²) < 4.78 is 0. The zero-order valence-electron chi connectivity index (χ0n) is 13.3. The lowest BCUT2D eigenvalue weighted by Gasteiger charge is -2.15. The van der Waals surface area contributed by atoms with Crippen molar-refractivity contribution >= 4 is 11.6 Å². The van der Waals surface area contributed by atoms with E-state index in [0.29, 0.717) is 22.7 Å². The number of rotatable bonds is 9. The maximum atomic E-state index is 11.9. The molecule has 3 N–H and O–H groups in total. The molecule has 0 saturated carbocycles. The number of hydrogen-bond acceptors (Lipinski definition) is 7. The van der Waals surface area contributed by atoms with Crippen molar-refractivity contribution in [3.63, 3.8) is 0 Å². The van der Waals surface area contributed by atoms with Gasteiger partial charge in [-0.25, -0.2) is 5.48 Å². The van der Waals surface area contributed by atoms with Crippen molar-refractivity contribution in [2.45, 2.75) is 0 Å². The van der Waals surface area contributed by atoms with Crippen LogP contribution in [0, 0.1) is 0 Å². The minimum Gasteiger partial charge on any atom is -0.398 e. The Morgan fingerprint density at radius 1 is 1.13 bits per heavy atom. The third-order valence-corrected chi connectivity index (χ3v) is 2.64. The molecule has 8 nitrogen and oxygen atoms in total. The Balaban J connectivity index is 2.97. The van der Waals surface area contributed by atoms with E-state index in [2.05, 4.69) is 34.6 Å². The van der Waals surface area contributed by atoms with Crippen LogP contribution < -0.4 is 21.1 Å². The van der Waals surface area contributed by atoms with Gasteiger partial charge in [0.15, 0.2) is 11.5 Å². The summed E-state index contributed by atoms with van der Waals surface area (Å²) in [5, 5.41) is 6.23. The number of hydroxylamine groups is 2. The Morgan fingerprint density at radius 2 is 1.78 bits per heavy atom. The highest BCUT2D eigenvalue weighted by Gasteiger charge is 2.18. The molecule has 1 rings (SSSR count). The van der Waals surface area contributed by atoms with Gasteiger partial charge >= 0.3 is 0 Å². The van der Waals surface area contributed by atoms with E-state index < -0.39 is 5.91 Å². The van der Waals surface area contributed by atoms with Gasteiger partial charge in [-0.15, -0.1) is 0 Å². The van der Waals surface area contributed by atoms with Crippen LogP contribution in [0.15, 0.2) is 54.0 Å². The summed E-state index contributed by atoms with van der Waals surface area (Å²) in [4.78, 5) is 26.8. The second-order valence-electron chi connectivity index (χ2n) is 4.17. The third-order valence-electron chi connectivity index (χ3n) is 2.64. The average Bonchev–Trinajstić information content (AvgIpc) is 2.57. The number of carbonyl (C=O) groups is 1. The molecule has 0 bridgehead atoms. The molecule has 0 radical (unpaired) electrons. The van der Waals surface area contributed by atoms with Gasteiger partial charge in [-0.3, -0.25) is 15.1 Å². The Hall–Kier alpha value is -3.00. The summed E-state index contributed by atoms with van der Waals surface area (Å²) >= 11 is 0. The molecule has 0 spiro atoms. The van der Waals surface area contributed by atoms with Crippen LogP contribution in [0.5, 0.6) is 5.75 Å². The smallest absolute Gasteiger partial charge is 0.273 e. The lowest BCUT2D eigenvalue weighted by molar-refractivity contribution is -0.114. The second-order valence-corrected chi connectivity index (χ2v) is 4.17. The third kappa shape index (κ3) is 5.04. The fourth-order valence-corrected chi connectivity index (χ4v) is 1.54. The predicted molar refractivity (Wildman–Crippen MR) is 86.2 cm³/mol. The number of oxime groups is 1. The highest BCUT2D eigenvalue weighted by atomic mass is 16.7. The molecule has 1 aromatic carbocycles. The quantitative estimate of drug-likeness (QED) is 0.355. The standard InChI is InChI=1S/C15H20N4O4/c1-10(17-21-4)11(2)18-23-13-9-7-6-8-12(13)14(19-22-5)15(20)16-3/h6-9,17-18H,1-2H2,3-5H3,(H,16,20). The zero-order valence-corrected chi connectivity index (χ0v) is 13.3. The minimum atomic E-state index is -0.410. The molecule has 124 valence electrons. The van der Waals surface area contributed by atoms with Gasteiger partial charge in [-0.05, 0) is 12.1 Å². The van der Waals surface area contributed by atoms with Gasteiger partial charge < -0.3 is 15.0 Å². The number of nitrogens with one attached hydrogen (secondary N) is 3. The van der Waals surface area contributed by atoms with Gasteiger partial charge in [0, 0.05) is 7.05 Å². The summed E-state index contributed by atoms with van der Waals surface area (Å²) in [6.45, 7) is 7.44. The maximum absolute atomic E-state index is 11.9. The first-order valence-corrected chi connectivity index (χ1v) is 6.57. The number of carbonyl (C=O) groups excluding carboxylic acids is 1. The van der Waals surface area contributed by atoms with E-state index in [1.807, 2.05) is 0 Å². The van der Waals surface area contributed by atoms with E-state index in [1.54, 1.807) is 24.3 Å². The molecule has 0 aliphatic carbocycles. The molecular formula is C15H20N4O4. The number of para-hydroxylation sites is 1. The maximum Gasteiger partial charge on any atom is 0.273 e. The zero-order chi connectivity index (χ0) is 17.2. The van der Waals surface area contributed by atoms with E-state index in [0.717, 1.165) is 0 Å². The number of benzene rings is 1. The summed E-state index contributed by atoms with van der Waals surface area (Å²) in [5.74, 6) is -0.0505. The van der Waals surface area contributed by atoms with Crippen molar-refractivity contribution in [2.24, 2.45) is 5.16 Å². The van der Waals surface area contributed by atoms with Gasteiger partial charge in [0.25, 0.3) is 5.91 Å². The molecule has 0 aliphatic heterocycles. The Kier molecular flexibility index (Phi) is 7.15. The van der Waals surface area contributed by atoms with Gasteiger partial charge in [-0.1, -0.05) is 30.4 Å². The average molecular weight is 320 g/mol. The van der Waals surface area contributed by atoms with Gasteiger partial charge in [0.2, 0.25) is 0 Å². The molecule has 0 saturated heterocycles. The lowest BCUT2D eigenvalue weighted by atomic mass is 10.1. The molecule has 1 amide bonds. The Labute approximate surface area is 134 Å². The largest absolute Gasteiger partial charge is 0.398 e. The highest BCUT2D eigenvalue weighted by Crippen LogP contribution is 2.19. The fraction of sp³-hybridized carbons (Fsp3) is 0.200. The first kappa shape index (κ1) is 18.1. The number of amides is 1. The summed E-state index contributed by atoms with van der Waals surface area (Å²) in [6.07, 6.45) is 0. The number of nitrogens with zero attached hydrogens (tertiary/aromatic N) is 1. The molecule has 0 atom stereocenters. The molecule has 0 aromatic heterocycles. The van der Waals surface area contributed by atoms with Gasteiger partial charge in [-0.2, -0.15) is 0 Å². The van der Waals surface area contributed by atoms with E-state index >= 15 is 0 Å². The van der Waals surface area contributed by atoms with Gasteiger partial charge in [0.05, 0.1) is 24.1 Å². The van der Waals surface area contributed by atoms with Crippen molar-refractivity contribution in [3.8, 4) is 5.75 Å². The van der Waals surface area contributed by atoms with E-state index in [1.165, 1.54) is 21.3 Å². The molecule has 8 heteroatoms. The van der Waals surface area contributed by atoms with Crippen LogP contribution in [-0.2, 0) is 14.5 Å². The lowest BCUT2D eigenvalue weighted by Crippen LogP contribution is -2.30. The van der Waals surface area contributed by atoms with E-state index in [-0.39, 0.29) is 5.71 Å². The predicted octanol–water partition coefficient (Wildman–Crippen LogP) is 0.845. The summed E-state index contributed by atoms with van der Waals surface area (Å²) in [7, 11) is 4.30. The van der Waals surface area contributed by atoms with Crippen LogP contribution in [0.1, 0.15) is 5.56 Å². The Morgan fingerprint density at radius 3 is 2.39 bits per heavy atom. The monoisotopic (exact) mass is 320 g/mol. The minimum absolute atomic E-state index is 0.0758. The van der Waals surface area contributed by atoms with Gasteiger partial charge in [0.1, 0.15) is 7.11 Å². The molecule has 0 aliphatic rings. The molecule has 0 heterocycles. The van der Waals surface area contributed by atoms with Crippen molar-refractivity contribution < 1.29 is 19.3 Å². The van der Waals surface area contributed by atoms with Crippen LogP contribution in [0.2, 0.25) is 0 Å². The molecule has 0 fully saturated rings. The first-order valence-electron chi connectivity index (χ1n) is 6.57. The van der Waals surface area contributed by atoms with Crippen molar-refractivity contribution in [2.75, 3.05) is 21.3 Å². The summed E-state index contributed by atoms with van der Waals surface area (Å²) in [6, 6.07) is 6.83. The highest BCUT2D eigenvalue weighted by molar-refractivity contribution is 6.45. The van der Waals surface area contributed by atoms with Crippen LogP contribution in [-0.4, -0.2) is 32.9 Å². The van der Waals surface area contributed by atoms with Crippen LogP contribution in [0.3, 0.4) is 0 Å². The van der Waals surface area contributed by atoms with Crippen LogP contribution in [0.4, 0.5) is 0 Å². The van der Waals surface area contributed by atoms with Crippen LogP contribution >= 0.6 is 0 Å². The summed E-state index contributed by atoms with van der Waals surface area (Å²) in [5.41, 5.74) is 6.40.